The van der Waals surface area contributed by atoms with Crippen molar-refractivity contribution in [2.24, 2.45) is 17.6 Å². The molecule has 1 aliphatic rings. The van der Waals surface area contributed by atoms with Crippen molar-refractivity contribution >= 4 is 0 Å². The summed E-state index contributed by atoms with van der Waals surface area (Å²) in [5.74, 6) is 1.55. The third-order valence-corrected chi connectivity index (χ3v) is 3.92. The molecule has 0 aliphatic carbocycles. The summed E-state index contributed by atoms with van der Waals surface area (Å²) in [5.41, 5.74) is 5.74. The lowest BCUT2D eigenvalue weighted by atomic mass is 9.99. The third kappa shape index (κ3) is 3.76. The quantitative estimate of drug-likeness (QED) is 0.733. The van der Waals surface area contributed by atoms with Gasteiger partial charge in [0.05, 0.1) is 0 Å². The van der Waals surface area contributed by atoms with Gasteiger partial charge in [-0.3, -0.25) is 0 Å². The molecule has 1 rings (SSSR count). The van der Waals surface area contributed by atoms with E-state index in [0.717, 1.165) is 24.4 Å². The van der Waals surface area contributed by atoms with E-state index in [4.69, 9.17) is 5.73 Å². The van der Waals surface area contributed by atoms with Gasteiger partial charge in [-0.15, -0.1) is 0 Å². The van der Waals surface area contributed by atoms with Crippen LogP contribution in [0.3, 0.4) is 0 Å². The second-order valence-corrected chi connectivity index (χ2v) is 5.29. The Balaban J connectivity index is 2.30. The lowest BCUT2D eigenvalue weighted by Gasteiger charge is -2.28. The molecule has 90 valence electrons. The Hall–Kier alpha value is -0.0800. The summed E-state index contributed by atoms with van der Waals surface area (Å²) in [6.07, 6.45) is 5.31. The first kappa shape index (κ1) is 13.0. The number of likely N-dealkylation sites (tertiary alicyclic amines) is 1. The molecule has 0 aromatic rings. The standard InChI is InChI=1S/C13H28N2/c1-4-12(10-14)7-9-15-8-5-6-13(15)11(2)3/h11-13H,4-10,14H2,1-3H3. The van der Waals surface area contributed by atoms with Crippen molar-refractivity contribution in [2.45, 2.75) is 52.5 Å². The number of hydrogen-bond acceptors (Lipinski definition) is 2. The topological polar surface area (TPSA) is 29.3 Å². The fourth-order valence-corrected chi connectivity index (χ4v) is 2.72. The lowest BCUT2D eigenvalue weighted by Crippen LogP contribution is -2.35. The summed E-state index contributed by atoms with van der Waals surface area (Å²) in [4.78, 5) is 2.68. The fraction of sp³-hybridized carbons (Fsp3) is 1.00. The molecule has 0 bridgehead atoms. The Morgan fingerprint density at radius 1 is 1.40 bits per heavy atom. The van der Waals surface area contributed by atoms with Crippen LogP contribution in [0.1, 0.15) is 46.5 Å². The summed E-state index contributed by atoms with van der Waals surface area (Å²) in [6, 6.07) is 0.834. The van der Waals surface area contributed by atoms with Gasteiger partial charge in [0.25, 0.3) is 0 Å². The highest BCUT2D eigenvalue weighted by Crippen LogP contribution is 2.24. The first-order valence-electron chi connectivity index (χ1n) is 6.63. The molecule has 15 heavy (non-hydrogen) atoms. The molecule has 2 N–H and O–H groups in total. The molecule has 0 radical (unpaired) electrons. The second kappa shape index (κ2) is 6.49. The Kier molecular flexibility index (Phi) is 5.62. The summed E-state index contributed by atoms with van der Waals surface area (Å²) in [5, 5.41) is 0. The Bertz CT molecular complexity index is 164. The molecule has 2 heteroatoms. The maximum Gasteiger partial charge on any atom is 0.0119 e. The lowest BCUT2D eigenvalue weighted by molar-refractivity contribution is 0.193. The second-order valence-electron chi connectivity index (χ2n) is 5.29. The van der Waals surface area contributed by atoms with Gasteiger partial charge < -0.3 is 10.6 Å². The molecule has 1 saturated heterocycles. The van der Waals surface area contributed by atoms with Crippen molar-refractivity contribution in [1.82, 2.24) is 4.90 Å². The molecule has 1 fully saturated rings. The van der Waals surface area contributed by atoms with E-state index in [1.165, 1.54) is 38.8 Å². The van der Waals surface area contributed by atoms with Crippen molar-refractivity contribution < 1.29 is 0 Å². The van der Waals surface area contributed by atoms with Gasteiger partial charge in [0.1, 0.15) is 0 Å². The highest BCUT2D eigenvalue weighted by Gasteiger charge is 2.26. The van der Waals surface area contributed by atoms with Gasteiger partial charge in [-0.05, 0) is 50.7 Å². The molecule has 1 heterocycles. The molecular formula is C13H28N2. The van der Waals surface area contributed by atoms with Crippen LogP contribution in [0.2, 0.25) is 0 Å². The number of hydrogen-bond donors (Lipinski definition) is 1. The Labute approximate surface area is 95.2 Å². The van der Waals surface area contributed by atoms with E-state index in [0.29, 0.717) is 0 Å². The fourth-order valence-electron chi connectivity index (χ4n) is 2.72. The van der Waals surface area contributed by atoms with Crippen molar-refractivity contribution in [3.63, 3.8) is 0 Å². The zero-order valence-corrected chi connectivity index (χ0v) is 10.7. The molecular weight excluding hydrogens is 184 g/mol. The van der Waals surface area contributed by atoms with Crippen LogP contribution in [-0.4, -0.2) is 30.6 Å². The van der Waals surface area contributed by atoms with Crippen molar-refractivity contribution in [3.8, 4) is 0 Å². The number of nitrogens with two attached hydrogens (primary N) is 1. The normalized spacial score (nSPS) is 25.0. The smallest absolute Gasteiger partial charge is 0.0119 e. The van der Waals surface area contributed by atoms with Crippen molar-refractivity contribution in [3.05, 3.63) is 0 Å². The monoisotopic (exact) mass is 212 g/mol. The highest BCUT2D eigenvalue weighted by molar-refractivity contribution is 4.81. The summed E-state index contributed by atoms with van der Waals surface area (Å²) in [7, 11) is 0. The first-order chi connectivity index (χ1) is 7.19. The molecule has 0 aromatic heterocycles. The zero-order chi connectivity index (χ0) is 11.3. The van der Waals surface area contributed by atoms with Crippen LogP contribution in [0, 0.1) is 11.8 Å². The van der Waals surface area contributed by atoms with E-state index < -0.39 is 0 Å². The molecule has 0 aromatic carbocycles. The predicted molar refractivity (Wildman–Crippen MR) is 66.9 cm³/mol. The summed E-state index contributed by atoms with van der Waals surface area (Å²) >= 11 is 0. The summed E-state index contributed by atoms with van der Waals surface area (Å²) < 4.78 is 0. The Morgan fingerprint density at radius 2 is 2.13 bits per heavy atom. The average molecular weight is 212 g/mol. The first-order valence-corrected chi connectivity index (χ1v) is 6.63. The third-order valence-electron chi connectivity index (χ3n) is 3.92. The molecule has 2 unspecified atom stereocenters. The van der Waals surface area contributed by atoms with Gasteiger partial charge in [0.15, 0.2) is 0 Å². The van der Waals surface area contributed by atoms with E-state index >= 15 is 0 Å². The minimum Gasteiger partial charge on any atom is -0.330 e. The van der Waals surface area contributed by atoms with E-state index in [9.17, 15) is 0 Å². The molecule has 1 aliphatic heterocycles. The van der Waals surface area contributed by atoms with E-state index in [1.54, 1.807) is 0 Å². The van der Waals surface area contributed by atoms with Gasteiger partial charge >= 0.3 is 0 Å². The summed E-state index contributed by atoms with van der Waals surface area (Å²) in [6.45, 7) is 10.4. The minimum atomic E-state index is 0.735. The maximum atomic E-state index is 5.74. The molecule has 0 amide bonds. The van der Waals surface area contributed by atoms with Gasteiger partial charge in [-0.1, -0.05) is 27.2 Å². The van der Waals surface area contributed by atoms with Crippen molar-refractivity contribution in [2.75, 3.05) is 19.6 Å². The van der Waals surface area contributed by atoms with Crippen LogP contribution in [0.5, 0.6) is 0 Å². The molecule has 0 saturated carbocycles. The van der Waals surface area contributed by atoms with Crippen LogP contribution < -0.4 is 5.73 Å². The predicted octanol–water partition coefficient (Wildman–Crippen LogP) is 2.48. The molecule has 2 nitrogen and oxygen atoms in total. The average Bonchev–Trinajstić information content (AvgIpc) is 2.67. The van der Waals surface area contributed by atoms with Gasteiger partial charge in [-0.25, -0.2) is 0 Å². The Morgan fingerprint density at radius 3 is 2.67 bits per heavy atom. The van der Waals surface area contributed by atoms with Gasteiger partial charge in [0, 0.05) is 6.04 Å². The van der Waals surface area contributed by atoms with E-state index in [1.807, 2.05) is 0 Å². The van der Waals surface area contributed by atoms with Gasteiger partial charge in [0.2, 0.25) is 0 Å². The number of rotatable bonds is 6. The van der Waals surface area contributed by atoms with Crippen LogP contribution in [0.25, 0.3) is 0 Å². The minimum absolute atomic E-state index is 0.735. The SMILES string of the molecule is CCC(CN)CCN1CCCC1C(C)C. The molecule has 2 atom stereocenters. The van der Waals surface area contributed by atoms with E-state index in [-0.39, 0.29) is 0 Å². The molecule has 0 spiro atoms. The largest absolute Gasteiger partial charge is 0.330 e. The van der Waals surface area contributed by atoms with Crippen LogP contribution in [0.4, 0.5) is 0 Å². The van der Waals surface area contributed by atoms with Crippen LogP contribution >= 0.6 is 0 Å². The van der Waals surface area contributed by atoms with Crippen molar-refractivity contribution in [1.29, 1.82) is 0 Å². The van der Waals surface area contributed by atoms with Crippen LogP contribution in [-0.2, 0) is 0 Å². The van der Waals surface area contributed by atoms with E-state index in [2.05, 4.69) is 25.7 Å². The zero-order valence-electron chi connectivity index (χ0n) is 10.7. The van der Waals surface area contributed by atoms with Gasteiger partial charge in [-0.2, -0.15) is 0 Å². The maximum absolute atomic E-state index is 5.74. The highest BCUT2D eigenvalue weighted by atomic mass is 15.2. The number of nitrogens with zero attached hydrogens (tertiary/aromatic N) is 1. The van der Waals surface area contributed by atoms with Crippen LogP contribution in [0.15, 0.2) is 0 Å².